The van der Waals surface area contributed by atoms with Gasteiger partial charge in [0.25, 0.3) is 0 Å². The van der Waals surface area contributed by atoms with Gasteiger partial charge in [-0.3, -0.25) is 14.6 Å². The highest BCUT2D eigenvalue weighted by molar-refractivity contribution is 6.03. The Morgan fingerprint density at radius 2 is 2.10 bits per heavy atom. The number of amides is 2. The largest absolute Gasteiger partial charge is 0.360 e. The number of nitrogens with zero attached hydrogens (tertiary/aromatic N) is 3. The number of hydrogen-bond donors (Lipinski definition) is 0. The van der Waals surface area contributed by atoms with Crippen LogP contribution in [0.1, 0.15) is 5.69 Å². The second kappa shape index (κ2) is 7.02. The van der Waals surface area contributed by atoms with Gasteiger partial charge in [-0.1, -0.05) is 18.2 Å². The fraction of sp³-hybridized carbons (Fsp3) is 0.348. The fourth-order valence-corrected chi connectivity index (χ4v) is 4.81. The van der Waals surface area contributed by atoms with Crippen LogP contribution in [-0.4, -0.2) is 53.5 Å². The van der Waals surface area contributed by atoms with Crippen molar-refractivity contribution in [1.29, 1.82) is 0 Å². The van der Waals surface area contributed by atoms with E-state index in [2.05, 4.69) is 4.98 Å². The van der Waals surface area contributed by atoms with Crippen molar-refractivity contribution in [2.45, 2.75) is 18.1 Å². The highest BCUT2D eigenvalue weighted by Crippen LogP contribution is 2.53. The molecule has 1 aromatic carbocycles. The number of likely N-dealkylation sites (N-methyl/N-ethyl adjacent to an activating group) is 1. The first-order valence-electron chi connectivity index (χ1n) is 10.1. The van der Waals surface area contributed by atoms with Crippen molar-refractivity contribution < 1.29 is 18.7 Å². The molecule has 0 radical (unpaired) electrons. The molecule has 2 saturated heterocycles. The molecule has 154 valence electrons. The van der Waals surface area contributed by atoms with Gasteiger partial charge in [0.05, 0.1) is 24.5 Å². The molecule has 0 unspecified atom stereocenters. The van der Waals surface area contributed by atoms with Crippen LogP contribution >= 0.6 is 0 Å². The number of benzene rings is 1. The molecule has 2 fully saturated rings. The number of aromatic nitrogens is 1. The molecule has 2 aromatic rings. The van der Waals surface area contributed by atoms with Crippen LogP contribution in [0.25, 0.3) is 0 Å². The maximum atomic E-state index is 13.3. The molecule has 5 rings (SSSR count). The Kier molecular flexibility index (Phi) is 4.43. The predicted molar refractivity (Wildman–Crippen MR) is 108 cm³/mol. The van der Waals surface area contributed by atoms with Gasteiger partial charge in [-0.05, 0) is 36.4 Å². The van der Waals surface area contributed by atoms with Crippen LogP contribution in [-0.2, 0) is 20.7 Å². The zero-order valence-electron chi connectivity index (χ0n) is 16.6. The molecule has 30 heavy (non-hydrogen) atoms. The molecule has 0 N–H and O–H groups in total. The van der Waals surface area contributed by atoms with Gasteiger partial charge in [-0.2, -0.15) is 0 Å². The summed E-state index contributed by atoms with van der Waals surface area (Å²) in [6.45, 7) is 0.842. The summed E-state index contributed by atoms with van der Waals surface area (Å²) in [5, 5.41) is 0. The van der Waals surface area contributed by atoms with Crippen LogP contribution < -0.4 is 4.90 Å². The second-order valence-corrected chi connectivity index (χ2v) is 8.13. The van der Waals surface area contributed by atoms with E-state index in [-0.39, 0.29) is 23.7 Å². The van der Waals surface area contributed by atoms with Crippen LogP contribution in [0, 0.1) is 17.7 Å². The lowest BCUT2D eigenvalue weighted by atomic mass is 9.76. The van der Waals surface area contributed by atoms with Gasteiger partial charge in [-0.25, -0.2) is 4.39 Å². The Balaban J connectivity index is 1.35. The van der Waals surface area contributed by atoms with Gasteiger partial charge in [-0.15, -0.1) is 0 Å². The van der Waals surface area contributed by atoms with Crippen molar-refractivity contribution in [2.24, 2.45) is 11.8 Å². The van der Waals surface area contributed by atoms with E-state index in [0.29, 0.717) is 25.2 Å². The molecule has 6 nitrogen and oxygen atoms in total. The lowest BCUT2D eigenvalue weighted by Gasteiger charge is -2.27. The number of carbonyl (C=O) groups is 2. The normalized spacial score (nSPS) is 28.8. The van der Waals surface area contributed by atoms with Gasteiger partial charge < -0.3 is 14.5 Å². The van der Waals surface area contributed by atoms with Gasteiger partial charge in [0.15, 0.2) is 0 Å². The third-order valence-corrected chi connectivity index (χ3v) is 6.33. The summed E-state index contributed by atoms with van der Waals surface area (Å²) >= 11 is 0. The maximum absolute atomic E-state index is 13.3. The summed E-state index contributed by atoms with van der Waals surface area (Å²) in [5.74, 6) is -1.72. The number of hydrogen-bond acceptors (Lipinski definition) is 4. The average Bonchev–Trinajstić information content (AvgIpc) is 3.41. The predicted octanol–water partition coefficient (Wildman–Crippen LogP) is 2.21. The highest BCUT2D eigenvalue weighted by atomic mass is 19.1. The number of pyridine rings is 1. The van der Waals surface area contributed by atoms with E-state index in [1.165, 1.54) is 12.1 Å². The number of anilines is 1. The first-order valence-corrected chi connectivity index (χ1v) is 10.1. The summed E-state index contributed by atoms with van der Waals surface area (Å²) in [5.41, 5.74) is 0.732. The minimum atomic E-state index is -0.793. The Bertz CT molecular complexity index is 1010. The van der Waals surface area contributed by atoms with E-state index < -0.39 is 17.4 Å². The minimum Gasteiger partial charge on any atom is -0.360 e. The molecule has 0 aliphatic carbocycles. The smallest absolute Gasteiger partial charge is 0.234 e. The number of ether oxygens (including phenoxy) is 1. The standard InChI is InChI=1S/C23H22FN3O3/c1-26(13-10-16-4-2-3-12-25-16)21(28)19-18-9-11-23(30-18)14-27(22(29)20(19)23)17-7-5-15(24)6-8-17/h2-9,11-12,18-20H,10,13-14H2,1H3/t18-,19+,20-,23-/m0/s1. The van der Waals surface area contributed by atoms with Crippen molar-refractivity contribution in [1.82, 2.24) is 9.88 Å². The quantitative estimate of drug-likeness (QED) is 0.713. The van der Waals surface area contributed by atoms with Gasteiger partial charge in [0, 0.05) is 37.6 Å². The molecular weight excluding hydrogens is 385 g/mol. The molecule has 4 heterocycles. The molecule has 1 aromatic heterocycles. The zero-order valence-corrected chi connectivity index (χ0v) is 16.6. The van der Waals surface area contributed by atoms with E-state index in [9.17, 15) is 14.0 Å². The Labute approximate surface area is 174 Å². The van der Waals surface area contributed by atoms with Crippen LogP contribution in [0.5, 0.6) is 0 Å². The van der Waals surface area contributed by atoms with Crippen LogP contribution in [0.4, 0.5) is 10.1 Å². The van der Waals surface area contributed by atoms with Gasteiger partial charge >= 0.3 is 0 Å². The number of fused-ring (bicyclic) bond motifs is 1. The number of rotatable bonds is 5. The van der Waals surface area contributed by atoms with Gasteiger partial charge in [0.1, 0.15) is 11.4 Å². The minimum absolute atomic E-state index is 0.0959. The summed E-state index contributed by atoms with van der Waals surface area (Å²) in [4.78, 5) is 34.2. The highest BCUT2D eigenvalue weighted by Gasteiger charge is 2.67. The first kappa shape index (κ1) is 18.9. The SMILES string of the molecule is CN(CCc1ccccn1)C(=O)[C@@H]1[C@@H]2C=C[C@@]3(CN(c4ccc(F)cc4)C(=O)[C@H]13)O2. The number of carbonyl (C=O) groups excluding carboxylic acids is 2. The summed E-state index contributed by atoms with van der Waals surface area (Å²) < 4.78 is 19.5. The summed E-state index contributed by atoms with van der Waals surface area (Å²) in [7, 11) is 1.75. The summed E-state index contributed by atoms with van der Waals surface area (Å²) in [6, 6.07) is 11.5. The Morgan fingerprint density at radius 1 is 1.30 bits per heavy atom. The first-order chi connectivity index (χ1) is 14.5. The molecule has 3 aliphatic heterocycles. The molecule has 2 amide bonds. The fourth-order valence-electron chi connectivity index (χ4n) is 4.81. The molecule has 0 saturated carbocycles. The Hall–Kier alpha value is -3.06. The van der Waals surface area contributed by atoms with Gasteiger partial charge in [0.2, 0.25) is 11.8 Å². The van der Waals surface area contributed by atoms with E-state index in [1.807, 2.05) is 30.4 Å². The van der Waals surface area contributed by atoms with E-state index in [1.54, 1.807) is 35.2 Å². The molecule has 3 aliphatic rings. The van der Waals surface area contributed by atoms with Crippen molar-refractivity contribution in [3.63, 3.8) is 0 Å². The molecule has 4 atom stereocenters. The van der Waals surface area contributed by atoms with Crippen molar-refractivity contribution in [3.8, 4) is 0 Å². The third kappa shape index (κ3) is 2.92. The Morgan fingerprint density at radius 3 is 2.83 bits per heavy atom. The van der Waals surface area contributed by atoms with E-state index in [4.69, 9.17) is 4.74 Å². The van der Waals surface area contributed by atoms with Crippen molar-refractivity contribution >= 4 is 17.5 Å². The van der Waals surface area contributed by atoms with Crippen LogP contribution in [0.3, 0.4) is 0 Å². The molecule has 2 bridgehead atoms. The molecule has 1 spiro atoms. The zero-order chi connectivity index (χ0) is 20.9. The van der Waals surface area contributed by atoms with Crippen molar-refractivity contribution in [3.05, 3.63) is 72.3 Å². The summed E-state index contributed by atoms with van der Waals surface area (Å²) in [6.07, 6.45) is 5.80. The van der Waals surface area contributed by atoms with E-state index >= 15 is 0 Å². The maximum Gasteiger partial charge on any atom is 0.234 e. The second-order valence-electron chi connectivity index (χ2n) is 8.13. The van der Waals surface area contributed by atoms with Crippen molar-refractivity contribution in [2.75, 3.05) is 25.0 Å². The lowest BCUT2D eigenvalue weighted by Crippen LogP contribution is -2.45. The lowest BCUT2D eigenvalue weighted by molar-refractivity contribution is -0.139. The van der Waals surface area contributed by atoms with Crippen LogP contribution in [0.2, 0.25) is 0 Å². The average molecular weight is 407 g/mol. The molecular formula is C23H22FN3O3. The third-order valence-electron chi connectivity index (χ3n) is 6.33. The molecule has 7 heteroatoms. The number of halogens is 1. The van der Waals surface area contributed by atoms with Crippen LogP contribution in [0.15, 0.2) is 60.8 Å². The topological polar surface area (TPSA) is 62.7 Å². The monoisotopic (exact) mass is 407 g/mol. The van der Waals surface area contributed by atoms with E-state index in [0.717, 1.165) is 5.69 Å².